The summed E-state index contributed by atoms with van der Waals surface area (Å²) in [6.07, 6.45) is 14.1. The smallest absolute Gasteiger partial charge is 0.337 e. The molecule has 0 radical (unpaired) electrons. The SMILES string of the molecule is CC(C)(C)OC(=O)CCCCCCCCCCCCCOc1ccc(S(=O)(=O)Nc2ccc(C(=O)O)cn2)cc1. The lowest BCUT2D eigenvalue weighted by atomic mass is 10.1. The average Bonchev–Trinajstić information content (AvgIpc) is 2.88. The second-order valence-electron chi connectivity index (χ2n) is 10.9. The minimum Gasteiger partial charge on any atom is -0.494 e. The lowest BCUT2D eigenvalue weighted by Crippen LogP contribution is -2.23. The maximum absolute atomic E-state index is 12.6. The summed E-state index contributed by atoms with van der Waals surface area (Å²) in [5.74, 6) is -0.589. The fourth-order valence-corrected chi connectivity index (χ4v) is 5.05. The molecule has 1 aromatic carbocycles. The van der Waals surface area contributed by atoms with Gasteiger partial charge in [0.15, 0.2) is 0 Å². The van der Waals surface area contributed by atoms with E-state index in [2.05, 4.69) is 9.71 Å². The predicted molar refractivity (Wildman–Crippen MR) is 155 cm³/mol. The van der Waals surface area contributed by atoms with Gasteiger partial charge in [0.05, 0.1) is 17.1 Å². The van der Waals surface area contributed by atoms with Crippen molar-refractivity contribution in [1.82, 2.24) is 4.98 Å². The molecule has 0 fully saturated rings. The van der Waals surface area contributed by atoms with E-state index in [1.165, 1.54) is 69.2 Å². The van der Waals surface area contributed by atoms with Crippen LogP contribution in [0.1, 0.15) is 108 Å². The van der Waals surface area contributed by atoms with E-state index in [9.17, 15) is 18.0 Å². The van der Waals surface area contributed by atoms with E-state index in [0.29, 0.717) is 18.8 Å². The third-order valence-electron chi connectivity index (χ3n) is 6.10. The number of pyridine rings is 1. The monoisotopic (exact) mass is 576 g/mol. The van der Waals surface area contributed by atoms with E-state index < -0.39 is 21.6 Å². The molecule has 0 aliphatic rings. The average molecular weight is 577 g/mol. The van der Waals surface area contributed by atoms with Gasteiger partial charge in [0.2, 0.25) is 0 Å². The van der Waals surface area contributed by atoms with Crippen LogP contribution >= 0.6 is 0 Å². The van der Waals surface area contributed by atoms with Gasteiger partial charge in [-0.2, -0.15) is 0 Å². The standard InChI is InChI=1S/C30H44N2O7S/c1-30(2,3)39-28(33)15-13-11-9-7-5-4-6-8-10-12-14-22-38-25-17-19-26(20-18-25)40(36,37)32-27-21-16-24(23-31-27)29(34)35/h16-21,23H,4-15,22H2,1-3H3,(H,31,32)(H,34,35). The number of carbonyl (C=O) groups excluding carboxylic acids is 1. The van der Waals surface area contributed by atoms with Crippen LogP contribution in [0.3, 0.4) is 0 Å². The van der Waals surface area contributed by atoms with Crippen molar-refractivity contribution in [3.8, 4) is 5.75 Å². The van der Waals surface area contributed by atoms with Crippen molar-refractivity contribution in [1.29, 1.82) is 0 Å². The minimum absolute atomic E-state index is 0.0269. The number of carboxylic acids is 1. The Balaban J connectivity index is 1.49. The molecular formula is C30H44N2O7S. The highest BCUT2D eigenvalue weighted by molar-refractivity contribution is 7.92. The van der Waals surface area contributed by atoms with Gasteiger partial charge in [0.25, 0.3) is 10.0 Å². The van der Waals surface area contributed by atoms with Crippen LogP contribution in [0, 0.1) is 0 Å². The number of hydrogen-bond acceptors (Lipinski definition) is 7. The van der Waals surface area contributed by atoms with Crippen LogP contribution in [0.2, 0.25) is 0 Å². The molecule has 0 spiro atoms. The number of carboxylic acid groups (broad SMARTS) is 1. The number of nitrogens with one attached hydrogen (secondary N) is 1. The van der Waals surface area contributed by atoms with Crippen LogP contribution in [-0.4, -0.2) is 42.7 Å². The first-order valence-electron chi connectivity index (χ1n) is 14.1. The van der Waals surface area contributed by atoms with E-state index in [4.69, 9.17) is 14.6 Å². The Hall–Kier alpha value is -3.14. The van der Waals surface area contributed by atoms with Gasteiger partial charge in [-0.3, -0.25) is 9.52 Å². The van der Waals surface area contributed by atoms with Crippen molar-refractivity contribution in [3.63, 3.8) is 0 Å². The second kappa shape index (κ2) is 16.8. The highest BCUT2D eigenvalue weighted by atomic mass is 32.2. The first kappa shape index (κ1) is 33.1. The molecule has 0 saturated heterocycles. The number of anilines is 1. The second-order valence-corrected chi connectivity index (χ2v) is 12.6. The van der Waals surface area contributed by atoms with Gasteiger partial charge in [0, 0.05) is 12.6 Å². The number of aromatic carboxylic acids is 1. The number of rotatable bonds is 19. The molecule has 222 valence electrons. The molecule has 0 aliphatic heterocycles. The van der Waals surface area contributed by atoms with Crippen molar-refractivity contribution in [3.05, 3.63) is 48.2 Å². The summed E-state index contributed by atoms with van der Waals surface area (Å²) in [6.45, 7) is 6.26. The molecule has 0 bridgehead atoms. The van der Waals surface area contributed by atoms with Crippen LogP contribution in [0.15, 0.2) is 47.5 Å². The van der Waals surface area contributed by atoms with Crippen molar-refractivity contribution in [2.24, 2.45) is 0 Å². The Morgan fingerprint density at radius 3 is 1.88 bits per heavy atom. The molecule has 0 saturated carbocycles. The van der Waals surface area contributed by atoms with Gasteiger partial charge in [-0.05, 0) is 70.0 Å². The van der Waals surface area contributed by atoms with E-state index in [1.807, 2.05) is 20.8 Å². The summed E-state index contributed by atoms with van der Waals surface area (Å²) in [7, 11) is -3.85. The zero-order chi connectivity index (χ0) is 29.4. The van der Waals surface area contributed by atoms with Crippen LogP contribution in [0.4, 0.5) is 5.82 Å². The summed E-state index contributed by atoms with van der Waals surface area (Å²) < 4.78 is 38.5. The van der Waals surface area contributed by atoms with Gasteiger partial charge in [-0.25, -0.2) is 18.2 Å². The molecule has 0 aliphatic carbocycles. The van der Waals surface area contributed by atoms with Crippen LogP contribution < -0.4 is 9.46 Å². The number of aromatic nitrogens is 1. The number of unbranched alkanes of at least 4 members (excludes halogenated alkanes) is 10. The molecule has 1 aromatic heterocycles. The molecule has 2 N–H and O–H groups in total. The lowest BCUT2D eigenvalue weighted by molar-refractivity contribution is -0.154. The third-order valence-corrected chi connectivity index (χ3v) is 7.47. The molecule has 0 atom stereocenters. The number of ether oxygens (including phenoxy) is 2. The van der Waals surface area contributed by atoms with E-state index >= 15 is 0 Å². The van der Waals surface area contributed by atoms with E-state index in [0.717, 1.165) is 31.9 Å². The molecule has 9 nitrogen and oxygen atoms in total. The Morgan fingerprint density at radius 2 is 1.38 bits per heavy atom. The van der Waals surface area contributed by atoms with Crippen LogP contribution in [0.25, 0.3) is 0 Å². The molecular weight excluding hydrogens is 532 g/mol. The third kappa shape index (κ3) is 13.8. The van der Waals surface area contributed by atoms with Crippen molar-refractivity contribution >= 4 is 27.8 Å². The first-order valence-corrected chi connectivity index (χ1v) is 15.6. The number of benzene rings is 1. The molecule has 0 unspecified atom stereocenters. The Labute approximate surface area is 238 Å². The summed E-state index contributed by atoms with van der Waals surface area (Å²) in [5.41, 5.74) is -0.425. The number of hydrogen-bond donors (Lipinski definition) is 2. The van der Waals surface area contributed by atoms with Crippen LogP contribution in [0.5, 0.6) is 5.75 Å². The van der Waals surface area contributed by atoms with Crippen molar-refractivity contribution in [2.45, 2.75) is 108 Å². The molecule has 10 heteroatoms. The van der Waals surface area contributed by atoms with Crippen molar-refractivity contribution in [2.75, 3.05) is 11.3 Å². The molecule has 2 aromatic rings. The number of carbonyl (C=O) groups is 2. The topological polar surface area (TPSA) is 132 Å². The van der Waals surface area contributed by atoms with E-state index in [-0.39, 0.29) is 22.2 Å². The first-order chi connectivity index (χ1) is 19.0. The fraction of sp³-hybridized carbons (Fsp3) is 0.567. The lowest BCUT2D eigenvalue weighted by Gasteiger charge is -2.19. The summed E-state index contributed by atoms with van der Waals surface area (Å²) in [5, 5.41) is 8.91. The number of nitrogens with zero attached hydrogens (tertiary/aromatic N) is 1. The predicted octanol–water partition coefficient (Wildman–Crippen LogP) is 6.98. The van der Waals surface area contributed by atoms with Gasteiger partial charge < -0.3 is 14.6 Å². The van der Waals surface area contributed by atoms with Gasteiger partial charge in [-0.15, -0.1) is 0 Å². The summed E-state index contributed by atoms with van der Waals surface area (Å²) in [6, 6.07) is 8.75. The highest BCUT2D eigenvalue weighted by Crippen LogP contribution is 2.19. The van der Waals surface area contributed by atoms with Gasteiger partial charge in [0.1, 0.15) is 17.2 Å². The Bertz CT molecular complexity index is 1140. The number of esters is 1. The zero-order valence-corrected chi connectivity index (χ0v) is 24.8. The molecule has 40 heavy (non-hydrogen) atoms. The number of sulfonamides is 1. The largest absolute Gasteiger partial charge is 0.494 e. The normalized spacial score (nSPS) is 11.7. The van der Waals surface area contributed by atoms with E-state index in [1.54, 1.807) is 12.1 Å². The van der Waals surface area contributed by atoms with Crippen molar-refractivity contribution < 1.29 is 32.6 Å². The maximum atomic E-state index is 12.6. The zero-order valence-electron chi connectivity index (χ0n) is 24.0. The molecule has 2 rings (SSSR count). The Morgan fingerprint density at radius 1 is 0.825 bits per heavy atom. The van der Waals surface area contributed by atoms with Crippen LogP contribution in [-0.2, 0) is 19.6 Å². The minimum atomic E-state index is -3.85. The summed E-state index contributed by atoms with van der Waals surface area (Å²) >= 11 is 0. The quantitative estimate of drug-likeness (QED) is 0.135. The maximum Gasteiger partial charge on any atom is 0.337 e. The Kier molecular flexibility index (Phi) is 13.9. The fourth-order valence-electron chi connectivity index (χ4n) is 4.04. The molecule has 0 amide bonds. The molecule has 1 heterocycles. The highest BCUT2D eigenvalue weighted by Gasteiger charge is 2.16. The summed E-state index contributed by atoms with van der Waals surface area (Å²) in [4.78, 5) is 26.5. The van der Waals surface area contributed by atoms with Gasteiger partial charge in [-0.1, -0.05) is 57.8 Å². The van der Waals surface area contributed by atoms with Gasteiger partial charge >= 0.3 is 11.9 Å².